The molecule has 0 aromatic heterocycles. The molecule has 1 fully saturated rings. The summed E-state index contributed by atoms with van der Waals surface area (Å²) in [6, 6.07) is 28.5. The van der Waals surface area contributed by atoms with Crippen molar-refractivity contribution in [3.63, 3.8) is 0 Å². The molecule has 2 atom stereocenters. The zero-order chi connectivity index (χ0) is 35.7. The van der Waals surface area contributed by atoms with Gasteiger partial charge in [0.05, 0.1) is 39.6 Å². The third kappa shape index (κ3) is 11.1. The van der Waals surface area contributed by atoms with Crippen molar-refractivity contribution in [2.45, 2.75) is 103 Å². The van der Waals surface area contributed by atoms with Crippen LogP contribution in [0.2, 0.25) is 0 Å². The number of benzene rings is 4. The van der Waals surface area contributed by atoms with Gasteiger partial charge in [-0.25, -0.2) is 0 Å². The van der Waals surface area contributed by atoms with Crippen LogP contribution in [0.15, 0.2) is 84.9 Å². The van der Waals surface area contributed by atoms with Crippen LogP contribution in [-0.4, -0.2) is 27.4 Å². The van der Waals surface area contributed by atoms with Crippen LogP contribution in [0.1, 0.15) is 113 Å². The van der Waals surface area contributed by atoms with Crippen LogP contribution in [0.4, 0.5) is 0 Å². The molecule has 0 unspecified atom stereocenters. The minimum atomic E-state index is -0.156. The highest BCUT2D eigenvalue weighted by atomic mass is 16.5. The Hall–Kier alpha value is -4.36. The van der Waals surface area contributed by atoms with Gasteiger partial charge >= 0.3 is 0 Å². The van der Waals surface area contributed by atoms with E-state index in [2.05, 4.69) is 50.2 Å². The largest absolute Gasteiger partial charge is 0.490 e. The van der Waals surface area contributed by atoms with E-state index in [0.717, 1.165) is 60.8 Å². The summed E-state index contributed by atoms with van der Waals surface area (Å²) < 4.78 is 44.1. The molecule has 1 saturated heterocycles. The standard InChI is InChI=1S/C44H56O7/c1-5-7-9-17-25-47-39-27-35(29-41(43(39)45-3)49-31-33-19-13-11-14-20-33)37-23-24-38(51-37)36-28-40(48-26-18-10-8-6-2)44(46-4)42(30-36)50-32-34-21-15-12-16-22-34/h11-16,19-22,27-30,37-38H,5-10,17-18,23-26,31-32H2,1-4H3/t37-,38-/m1/s1. The lowest BCUT2D eigenvalue weighted by Crippen LogP contribution is -2.07. The molecule has 4 aromatic rings. The maximum Gasteiger partial charge on any atom is 0.203 e. The first-order valence-electron chi connectivity index (χ1n) is 18.8. The first kappa shape index (κ1) is 37.9. The summed E-state index contributed by atoms with van der Waals surface area (Å²) in [7, 11) is 3.34. The fourth-order valence-corrected chi connectivity index (χ4v) is 6.42. The Morgan fingerprint density at radius 1 is 0.510 bits per heavy atom. The van der Waals surface area contributed by atoms with E-state index >= 15 is 0 Å². The lowest BCUT2D eigenvalue weighted by Gasteiger charge is -2.21. The lowest BCUT2D eigenvalue weighted by atomic mass is 10.0. The molecule has 0 bridgehead atoms. The topological polar surface area (TPSA) is 64.6 Å². The third-order valence-electron chi connectivity index (χ3n) is 9.24. The number of hydrogen-bond donors (Lipinski definition) is 0. The van der Waals surface area contributed by atoms with Crippen LogP contribution < -0.4 is 28.4 Å². The number of rotatable bonds is 22. The second-order valence-electron chi connectivity index (χ2n) is 13.2. The van der Waals surface area contributed by atoms with Crippen LogP contribution in [0, 0.1) is 0 Å². The minimum absolute atomic E-state index is 0.156. The summed E-state index contributed by atoms with van der Waals surface area (Å²) >= 11 is 0. The van der Waals surface area contributed by atoms with E-state index in [1.807, 2.05) is 48.5 Å². The van der Waals surface area contributed by atoms with E-state index in [0.29, 0.717) is 60.9 Å². The molecular weight excluding hydrogens is 640 g/mol. The first-order valence-corrected chi connectivity index (χ1v) is 18.8. The van der Waals surface area contributed by atoms with E-state index in [1.165, 1.54) is 25.7 Å². The molecule has 0 saturated carbocycles. The molecule has 0 radical (unpaired) electrons. The zero-order valence-corrected chi connectivity index (χ0v) is 31.0. The normalized spacial score (nSPS) is 15.4. The Morgan fingerprint density at radius 3 is 1.27 bits per heavy atom. The molecule has 1 heterocycles. The second kappa shape index (κ2) is 20.5. The highest BCUT2D eigenvalue weighted by Gasteiger charge is 2.31. The molecule has 0 spiro atoms. The van der Waals surface area contributed by atoms with Gasteiger partial charge in [0.1, 0.15) is 13.2 Å². The van der Waals surface area contributed by atoms with Gasteiger partial charge in [-0.05, 0) is 72.2 Å². The highest BCUT2D eigenvalue weighted by Crippen LogP contribution is 2.49. The maximum atomic E-state index is 6.84. The smallest absolute Gasteiger partial charge is 0.203 e. The monoisotopic (exact) mass is 696 g/mol. The Morgan fingerprint density at radius 2 is 0.902 bits per heavy atom. The molecule has 1 aliphatic heterocycles. The van der Waals surface area contributed by atoms with Gasteiger partial charge in [-0.2, -0.15) is 0 Å². The molecule has 7 nitrogen and oxygen atoms in total. The van der Waals surface area contributed by atoms with Gasteiger partial charge in [-0.15, -0.1) is 0 Å². The van der Waals surface area contributed by atoms with E-state index in [-0.39, 0.29) is 12.2 Å². The van der Waals surface area contributed by atoms with Crippen molar-refractivity contribution in [2.24, 2.45) is 0 Å². The molecule has 274 valence electrons. The molecular formula is C44H56O7. The highest BCUT2D eigenvalue weighted by molar-refractivity contribution is 5.56. The quantitative estimate of drug-likeness (QED) is 0.0758. The van der Waals surface area contributed by atoms with Crippen molar-refractivity contribution < 1.29 is 33.2 Å². The zero-order valence-electron chi connectivity index (χ0n) is 31.0. The molecule has 7 heteroatoms. The molecule has 5 rings (SSSR count). The predicted octanol–water partition coefficient (Wildman–Crippen LogP) is 11.4. The lowest BCUT2D eigenvalue weighted by molar-refractivity contribution is 0.0433. The van der Waals surface area contributed by atoms with E-state index in [4.69, 9.17) is 33.2 Å². The van der Waals surface area contributed by atoms with Gasteiger partial charge in [-0.3, -0.25) is 0 Å². The Kier molecular flexibility index (Phi) is 15.2. The Balaban J connectivity index is 1.39. The maximum absolute atomic E-state index is 6.84. The van der Waals surface area contributed by atoms with Gasteiger partial charge in [0.25, 0.3) is 0 Å². The summed E-state index contributed by atoms with van der Waals surface area (Å²) in [6.07, 6.45) is 10.3. The van der Waals surface area contributed by atoms with Gasteiger partial charge in [0, 0.05) is 0 Å². The van der Waals surface area contributed by atoms with Crippen molar-refractivity contribution in [3.05, 3.63) is 107 Å². The summed E-state index contributed by atoms with van der Waals surface area (Å²) in [4.78, 5) is 0. The molecule has 4 aromatic carbocycles. The first-order chi connectivity index (χ1) is 25.1. The number of hydrogen-bond acceptors (Lipinski definition) is 7. The van der Waals surface area contributed by atoms with Crippen LogP contribution in [0.25, 0.3) is 0 Å². The minimum Gasteiger partial charge on any atom is -0.490 e. The van der Waals surface area contributed by atoms with E-state index < -0.39 is 0 Å². The molecule has 0 N–H and O–H groups in total. The Bertz CT molecular complexity index is 1470. The molecule has 0 aliphatic carbocycles. The van der Waals surface area contributed by atoms with Crippen molar-refractivity contribution in [1.82, 2.24) is 0 Å². The van der Waals surface area contributed by atoms with Crippen LogP contribution in [0.3, 0.4) is 0 Å². The third-order valence-corrected chi connectivity index (χ3v) is 9.24. The van der Waals surface area contributed by atoms with Gasteiger partial charge in [0.15, 0.2) is 23.0 Å². The number of methoxy groups -OCH3 is 2. The van der Waals surface area contributed by atoms with Crippen LogP contribution in [-0.2, 0) is 18.0 Å². The van der Waals surface area contributed by atoms with Gasteiger partial charge in [0.2, 0.25) is 11.5 Å². The predicted molar refractivity (Wildman–Crippen MR) is 203 cm³/mol. The Labute approximate surface area is 305 Å². The fourth-order valence-electron chi connectivity index (χ4n) is 6.42. The molecule has 1 aliphatic rings. The average Bonchev–Trinajstić information content (AvgIpc) is 3.67. The SMILES string of the molecule is CCCCCCOc1cc([C@H]2CC[C@H](c3cc(OCCCCCC)c(OC)c(OCc4ccccc4)c3)O2)cc(OCc2ccccc2)c1OC. The van der Waals surface area contributed by atoms with Crippen molar-refractivity contribution in [1.29, 1.82) is 0 Å². The van der Waals surface area contributed by atoms with Crippen molar-refractivity contribution >= 4 is 0 Å². The molecule has 51 heavy (non-hydrogen) atoms. The van der Waals surface area contributed by atoms with Crippen molar-refractivity contribution in [3.8, 4) is 34.5 Å². The number of ether oxygens (including phenoxy) is 7. The van der Waals surface area contributed by atoms with E-state index in [9.17, 15) is 0 Å². The summed E-state index contributed by atoms with van der Waals surface area (Å²) in [5.41, 5.74) is 4.17. The van der Waals surface area contributed by atoms with Gasteiger partial charge in [-0.1, -0.05) is 113 Å². The van der Waals surface area contributed by atoms with Crippen molar-refractivity contribution in [2.75, 3.05) is 27.4 Å². The van der Waals surface area contributed by atoms with E-state index in [1.54, 1.807) is 14.2 Å². The molecule has 0 amide bonds. The second-order valence-corrected chi connectivity index (χ2v) is 13.2. The summed E-state index contributed by atoms with van der Waals surface area (Å²) in [5.74, 6) is 3.87. The van der Waals surface area contributed by atoms with Gasteiger partial charge < -0.3 is 33.2 Å². The fraction of sp³-hybridized carbons (Fsp3) is 0.455. The van der Waals surface area contributed by atoms with Crippen LogP contribution >= 0.6 is 0 Å². The van der Waals surface area contributed by atoms with Crippen LogP contribution in [0.5, 0.6) is 34.5 Å². The average molecular weight is 697 g/mol. The summed E-state index contributed by atoms with van der Waals surface area (Å²) in [5, 5.41) is 0. The summed E-state index contributed by atoms with van der Waals surface area (Å²) in [6.45, 7) is 6.50. The number of unbranched alkanes of at least 4 members (excludes halogenated alkanes) is 6.